The fraction of sp³-hybridized carbons (Fsp3) is 0.733. The lowest BCUT2D eigenvalue weighted by Gasteiger charge is -1.97. The number of rotatable bonds is 11. The topological polar surface area (TPSA) is 0 Å². The fourth-order valence-electron chi connectivity index (χ4n) is 1.61. The second-order valence-corrected chi connectivity index (χ2v) is 4.19. The summed E-state index contributed by atoms with van der Waals surface area (Å²) in [6.07, 6.45) is 19.4. The SMILES string of the molecule is [CH]=CCCCCCCCC=CCCCC. The van der Waals surface area contributed by atoms with Crippen LogP contribution in [0.4, 0.5) is 0 Å². The van der Waals surface area contributed by atoms with E-state index in [-0.39, 0.29) is 0 Å². The highest BCUT2D eigenvalue weighted by Gasteiger charge is 1.88. The van der Waals surface area contributed by atoms with Crippen LogP contribution in [-0.4, -0.2) is 0 Å². The summed E-state index contributed by atoms with van der Waals surface area (Å²) in [5.41, 5.74) is 0. The third-order valence-electron chi connectivity index (χ3n) is 2.63. The Morgan fingerprint density at radius 2 is 1.27 bits per heavy atom. The van der Waals surface area contributed by atoms with Gasteiger partial charge in [0, 0.05) is 0 Å². The molecule has 0 aliphatic carbocycles. The number of allylic oxidation sites excluding steroid dienone is 3. The molecule has 0 aromatic carbocycles. The average Bonchev–Trinajstić information content (AvgIpc) is 2.26. The van der Waals surface area contributed by atoms with Gasteiger partial charge in [-0.05, 0) is 32.1 Å². The highest BCUT2D eigenvalue weighted by atomic mass is 13.9. The van der Waals surface area contributed by atoms with Crippen molar-refractivity contribution in [3.05, 3.63) is 24.8 Å². The lowest BCUT2D eigenvalue weighted by molar-refractivity contribution is 0.621. The van der Waals surface area contributed by atoms with Crippen molar-refractivity contribution in [2.75, 3.05) is 0 Å². The quantitative estimate of drug-likeness (QED) is 0.312. The molecule has 1 radical (unpaired) electrons. The van der Waals surface area contributed by atoms with Crippen molar-refractivity contribution >= 4 is 0 Å². The van der Waals surface area contributed by atoms with E-state index in [4.69, 9.17) is 6.58 Å². The summed E-state index contributed by atoms with van der Waals surface area (Å²) in [5.74, 6) is 0. The van der Waals surface area contributed by atoms with E-state index in [0.717, 1.165) is 6.42 Å². The molecule has 0 aliphatic heterocycles. The van der Waals surface area contributed by atoms with Crippen LogP contribution in [0.2, 0.25) is 0 Å². The van der Waals surface area contributed by atoms with Crippen LogP contribution in [0.25, 0.3) is 0 Å². The van der Waals surface area contributed by atoms with E-state index in [1.54, 1.807) is 6.08 Å². The number of hydrogen-bond acceptors (Lipinski definition) is 0. The summed E-state index contributed by atoms with van der Waals surface area (Å²) in [6.45, 7) is 7.56. The van der Waals surface area contributed by atoms with E-state index in [9.17, 15) is 0 Å². The maximum atomic E-state index is 5.31. The second kappa shape index (κ2) is 13.5. The summed E-state index contributed by atoms with van der Waals surface area (Å²) in [5, 5.41) is 0. The van der Waals surface area contributed by atoms with Crippen molar-refractivity contribution in [2.45, 2.75) is 71.1 Å². The molecule has 0 aliphatic rings. The summed E-state index contributed by atoms with van der Waals surface area (Å²) in [4.78, 5) is 0. The predicted octanol–water partition coefficient (Wildman–Crippen LogP) is 5.45. The van der Waals surface area contributed by atoms with Gasteiger partial charge in [0.25, 0.3) is 0 Å². The van der Waals surface area contributed by atoms with Gasteiger partial charge >= 0.3 is 0 Å². The molecular formula is C15H27. The van der Waals surface area contributed by atoms with E-state index in [1.807, 2.05) is 0 Å². The minimum Gasteiger partial charge on any atom is -0.0885 e. The van der Waals surface area contributed by atoms with Crippen LogP contribution in [0.1, 0.15) is 71.1 Å². The van der Waals surface area contributed by atoms with Gasteiger partial charge in [-0.3, -0.25) is 0 Å². The monoisotopic (exact) mass is 207 g/mol. The van der Waals surface area contributed by atoms with E-state index >= 15 is 0 Å². The third-order valence-corrected chi connectivity index (χ3v) is 2.63. The first-order chi connectivity index (χ1) is 7.41. The minimum atomic E-state index is 1.08. The van der Waals surface area contributed by atoms with Gasteiger partial charge in [0.1, 0.15) is 0 Å². The molecular weight excluding hydrogens is 180 g/mol. The van der Waals surface area contributed by atoms with Crippen molar-refractivity contribution in [3.63, 3.8) is 0 Å². The van der Waals surface area contributed by atoms with Gasteiger partial charge < -0.3 is 0 Å². The smallest absolute Gasteiger partial charge is 0.0348 e. The van der Waals surface area contributed by atoms with E-state index in [0.29, 0.717) is 0 Å². The largest absolute Gasteiger partial charge is 0.0885 e. The van der Waals surface area contributed by atoms with Gasteiger partial charge in [-0.1, -0.05) is 63.8 Å². The Kier molecular flexibility index (Phi) is 13.0. The average molecular weight is 207 g/mol. The summed E-state index contributed by atoms with van der Waals surface area (Å²) < 4.78 is 0. The zero-order valence-corrected chi connectivity index (χ0v) is 10.4. The molecule has 0 fully saturated rings. The molecule has 15 heavy (non-hydrogen) atoms. The van der Waals surface area contributed by atoms with Gasteiger partial charge in [-0.15, -0.1) is 0 Å². The molecule has 0 N–H and O–H groups in total. The van der Waals surface area contributed by atoms with Gasteiger partial charge in [-0.2, -0.15) is 0 Å². The first kappa shape index (κ1) is 14.5. The van der Waals surface area contributed by atoms with E-state index < -0.39 is 0 Å². The van der Waals surface area contributed by atoms with Gasteiger partial charge in [0.05, 0.1) is 0 Å². The molecule has 0 atom stereocenters. The summed E-state index contributed by atoms with van der Waals surface area (Å²) in [7, 11) is 0. The molecule has 0 heteroatoms. The standard InChI is InChI=1S/C15H27/c1-3-5-7-9-11-13-15-14-12-10-8-6-4-2/h1,3,10,12H,4-9,11,13-15H2,2H3. The van der Waals surface area contributed by atoms with Crippen LogP contribution in [0, 0.1) is 6.58 Å². The Balaban J connectivity index is 2.97. The van der Waals surface area contributed by atoms with Crippen molar-refractivity contribution in [2.24, 2.45) is 0 Å². The van der Waals surface area contributed by atoms with Crippen LogP contribution in [0.15, 0.2) is 18.2 Å². The van der Waals surface area contributed by atoms with Gasteiger partial charge in [0.15, 0.2) is 0 Å². The molecule has 0 aromatic rings. The lowest BCUT2D eigenvalue weighted by atomic mass is 10.1. The highest BCUT2D eigenvalue weighted by molar-refractivity contribution is 4.81. The third kappa shape index (κ3) is 13.5. The summed E-state index contributed by atoms with van der Waals surface area (Å²) in [6, 6.07) is 0. The van der Waals surface area contributed by atoms with Crippen LogP contribution < -0.4 is 0 Å². The number of unbranched alkanes of at least 4 members (excludes halogenated alkanes) is 8. The van der Waals surface area contributed by atoms with E-state index in [1.165, 1.54) is 57.8 Å². The molecule has 87 valence electrons. The normalized spacial score (nSPS) is 11.0. The lowest BCUT2D eigenvalue weighted by Crippen LogP contribution is -1.78. The van der Waals surface area contributed by atoms with Crippen molar-refractivity contribution in [3.8, 4) is 0 Å². The van der Waals surface area contributed by atoms with Crippen molar-refractivity contribution < 1.29 is 0 Å². The maximum absolute atomic E-state index is 5.31. The number of hydrogen-bond donors (Lipinski definition) is 0. The van der Waals surface area contributed by atoms with Gasteiger partial charge in [0.2, 0.25) is 0 Å². The van der Waals surface area contributed by atoms with Crippen molar-refractivity contribution in [1.82, 2.24) is 0 Å². The molecule has 0 nitrogen and oxygen atoms in total. The molecule has 0 saturated heterocycles. The molecule has 0 unspecified atom stereocenters. The van der Waals surface area contributed by atoms with Crippen molar-refractivity contribution in [1.29, 1.82) is 0 Å². The zero-order chi connectivity index (χ0) is 11.2. The van der Waals surface area contributed by atoms with E-state index in [2.05, 4.69) is 19.1 Å². The van der Waals surface area contributed by atoms with Crippen LogP contribution in [0.5, 0.6) is 0 Å². The fourth-order valence-corrected chi connectivity index (χ4v) is 1.61. The Morgan fingerprint density at radius 1 is 0.733 bits per heavy atom. The Bertz CT molecular complexity index is 144. The molecule has 0 rings (SSSR count). The zero-order valence-electron chi connectivity index (χ0n) is 10.4. The minimum absolute atomic E-state index is 1.08. The summed E-state index contributed by atoms with van der Waals surface area (Å²) >= 11 is 0. The van der Waals surface area contributed by atoms with Crippen LogP contribution >= 0.6 is 0 Å². The highest BCUT2D eigenvalue weighted by Crippen LogP contribution is 2.08. The molecule has 0 aromatic heterocycles. The Hall–Kier alpha value is -0.520. The Labute approximate surface area is 96.5 Å². The Morgan fingerprint density at radius 3 is 1.87 bits per heavy atom. The molecule has 0 spiro atoms. The first-order valence-corrected chi connectivity index (χ1v) is 6.60. The molecule has 0 amide bonds. The molecule has 0 heterocycles. The van der Waals surface area contributed by atoms with Crippen LogP contribution in [-0.2, 0) is 0 Å². The predicted molar refractivity (Wildman–Crippen MR) is 69.9 cm³/mol. The molecule has 0 saturated carbocycles. The first-order valence-electron chi connectivity index (χ1n) is 6.60. The van der Waals surface area contributed by atoms with Gasteiger partial charge in [-0.25, -0.2) is 0 Å². The van der Waals surface area contributed by atoms with Crippen LogP contribution in [0.3, 0.4) is 0 Å². The second-order valence-electron chi connectivity index (χ2n) is 4.19. The maximum Gasteiger partial charge on any atom is -0.0348 e. The molecule has 0 bridgehead atoms.